The number of nitrogens with one attached hydrogen (secondary N) is 1. The lowest BCUT2D eigenvalue weighted by Crippen LogP contribution is -2.45. The minimum atomic E-state index is -0.839. The molecule has 0 radical (unpaired) electrons. The van der Waals surface area contributed by atoms with E-state index in [4.69, 9.17) is 4.74 Å². The standard InChI is InChI=1S/C72H139NO5/c1-3-5-7-9-11-13-15-16-17-18-36-39-42-46-50-54-58-62-66-72(77)78-67-63-59-55-51-47-43-40-37-34-32-30-28-26-24-22-20-19-21-23-25-27-29-31-33-35-38-41-45-49-53-57-61-65-71(76)73-69(68-74)70(75)64-60-56-52-48-44-14-12-10-8-6-4-2/h17-18,60,64,69-70,74-75H,3-16,19-59,61-63,65-68H2,1-2H3,(H,73,76)/b18-17-,64-60+. The smallest absolute Gasteiger partial charge is 0.305 e. The van der Waals surface area contributed by atoms with Crippen molar-refractivity contribution in [2.45, 2.75) is 411 Å². The highest BCUT2D eigenvalue weighted by Crippen LogP contribution is 2.19. The third kappa shape index (κ3) is 63.5. The van der Waals surface area contributed by atoms with E-state index in [2.05, 4.69) is 31.3 Å². The number of ether oxygens (including phenoxy) is 1. The van der Waals surface area contributed by atoms with E-state index in [0.29, 0.717) is 19.4 Å². The minimum Gasteiger partial charge on any atom is -0.466 e. The van der Waals surface area contributed by atoms with Gasteiger partial charge in [0.25, 0.3) is 0 Å². The third-order valence-electron chi connectivity index (χ3n) is 16.7. The van der Waals surface area contributed by atoms with Gasteiger partial charge in [-0.1, -0.05) is 353 Å². The third-order valence-corrected chi connectivity index (χ3v) is 16.7. The molecule has 1 amide bonds. The SMILES string of the molecule is CCCCCCCCC/C=C\CCCCCCCCCC(=O)OCCCCCCCCCCCCCCCCCCCCCCCCCCCCCCCCCCC(=O)NC(CO)C(O)/C=C/CCCCCCCCCCC. The lowest BCUT2D eigenvalue weighted by Gasteiger charge is -2.20. The van der Waals surface area contributed by atoms with Gasteiger partial charge in [0.05, 0.1) is 25.4 Å². The Morgan fingerprint density at radius 1 is 0.346 bits per heavy atom. The number of amides is 1. The van der Waals surface area contributed by atoms with Crippen molar-refractivity contribution in [2.75, 3.05) is 13.2 Å². The number of hydrogen-bond acceptors (Lipinski definition) is 5. The van der Waals surface area contributed by atoms with E-state index < -0.39 is 12.1 Å². The molecule has 2 unspecified atom stereocenters. The number of esters is 1. The van der Waals surface area contributed by atoms with Crippen molar-refractivity contribution in [1.82, 2.24) is 5.32 Å². The van der Waals surface area contributed by atoms with Crippen LogP contribution in [0.15, 0.2) is 24.3 Å². The molecule has 462 valence electrons. The molecule has 0 aromatic rings. The van der Waals surface area contributed by atoms with Crippen LogP contribution in [0.3, 0.4) is 0 Å². The van der Waals surface area contributed by atoms with Crippen LogP contribution in [0.2, 0.25) is 0 Å². The van der Waals surface area contributed by atoms with Crippen LogP contribution in [0.25, 0.3) is 0 Å². The summed E-state index contributed by atoms with van der Waals surface area (Å²) < 4.78 is 5.51. The summed E-state index contributed by atoms with van der Waals surface area (Å²) in [6.07, 6.45) is 85.6. The first kappa shape index (κ1) is 76.3. The van der Waals surface area contributed by atoms with Gasteiger partial charge in [-0.15, -0.1) is 0 Å². The zero-order chi connectivity index (χ0) is 56.4. The van der Waals surface area contributed by atoms with E-state index in [-0.39, 0.29) is 18.5 Å². The highest BCUT2D eigenvalue weighted by molar-refractivity contribution is 5.76. The van der Waals surface area contributed by atoms with E-state index in [0.717, 1.165) is 44.9 Å². The lowest BCUT2D eigenvalue weighted by atomic mass is 10.0. The Kier molecular flexibility index (Phi) is 66.4. The second-order valence-corrected chi connectivity index (χ2v) is 24.6. The van der Waals surface area contributed by atoms with E-state index in [9.17, 15) is 19.8 Å². The van der Waals surface area contributed by atoms with E-state index >= 15 is 0 Å². The first-order valence-corrected chi connectivity index (χ1v) is 35.6. The largest absolute Gasteiger partial charge is 0.466 e. The molecular weight excluding hydrogens is 959 g/mol. The van der Waals surface area contributed by atoms with Crippen LogP contribution in [0.5, 0.6) is 0 Å². The van der Waals surface area contributed by atoms with Gasteiger partial charge in [-0.25, -0.2) is 0 Å². The summed E-state index contributed by atoms with van der Waals surface area (Å²) >= 11 is 0. The van der Waals surface area contributed by atoms with Crippen molar-refractivity contribution < 1.29 is 24.5 Å². The van der Waals surface area contributed by atoms with Gasteiger partial charge in [0.15, 0.2) is 0 Å². The van der Waals surface area contributed by atoms with Crippen LogP contribution in [0.1, 0.15) is 399 Å². The van der Waals surface area contributed by atoms with Crippen LogP contribution in [-0.2, 0) is 14.3 Å². The van der Waals surface area contributed by atoms with Gasteiger partial charge in [-0.05, 0) is 57.8 Å². The molecular formula is C72H139NO5. The van der Waals surface area contributed by atoms with Gasteiger partial charge in [-0.2, -0.15) is 0 Å². The van der Waals surface area contributed by atoms with E-state index in [1.54, 1.807) is 6.08 Å². The fourth-order valence-electron chi connectivity index (χ4n) is 11.3. The Morgan fingerprint density at radius 2 is 0.603 bits per heavy atom. The summed E-state index contributed by atoms with van der Waals surface area (Å²) in [4.78, 5) is 24.5. The molecule has 0 saturated heterocycles. The Balaban J connectivity index is 3.30. The number of unbranched alkanes of at least 4 members (excludes halogenated alkanes) is 54. The number of aliphatic hydroxyl groups is 2. The van der Waals surface area contributed by atoms with Gasteiger partial charge in [0.2, 0.25) is 5.91 Å². The molecule has 6 heteroatoms. The molecule has 3 N–H and O–H groups in total. The quantitative estimate of drug-likeness (QED) is 0.0320. The van der Waals surface area contributed by atoms with Crippen molar-refractivity contribution in [3.05, 3.63) is 24.3 Å². The molecule has 0 aliphatic heterocycles. The summed E-state index contributed by atoms with van der Waals surface area (Å²) in [6, 6.07) is -0.622. The first-order chi connectivity index (χ1) is 38.5. The molecule has 0 fully saturated rings. The molecule has 0 aromatic carbocycles. The predicted octanol–water partition coefficient (Wildman–Crippen LogP) is 22.9. The summed E-state index contributed by atoms with van der Waals surface area (Å²) in [6.45, 7) is 4.92. The second kappa shape index (κ2) is 67.8. The molecule has 6 nitrogen and oxygen atoms in total. The molecule has 0 saturated carbocycles. The van der Waals surface area contributed by atoms with Crippen LogP contribution < -0.4 is 5.32 Å². The number of hydrogen-bond donors (Lipinski definition) is 3. The highest BCUT2D eigenvalue weighted by Gasteiger charge is 2.18. The summed E-state index contributed by atoms with van der Waals surface area (Å²) in [5.41, 5.74) is 0. The molecule has 0 aliphatic rings. The van der Waals surface area contributed by atoms with Crippen LogP contribution in [0.4, 0.5) is 0 Å². The number of carbonyl (C=O) groups is 2. The minimum absolute atomic E-state index is 0.0186. The van der Waals surface area contributed by atoms with Crippen LogP contribution >= 0.6 is 0 Å². The molecule has 0 aliphatic carbocycles. The van der Waals surface area contributed by atoms with Gasteiger partial charge in [-0.3, -0.25) is 9.59 Å². The van der Waals surface area contributed by atoms with Crippen molar-refractivity contribution >= 4 is 11.9 Å². The Labute approximate surface area is 488 Å². The average Bonchev–Trinajstić information content (AvgIpc) is 3.44. The van der Waals surface area contributed by atoms with Crippen molar-refractivity contribution in [3.8, 4) is 0 Å². The fourth-order valence-corrected chi connectivity index (χ4v) is 11.3. The number of aliphatic hydroxyl groups excluding tert-OH is 2. The summed E-state index contributed by atoms with van der Waals surface area (Å²) in [5, 5.41) is 23.1. The highest BCUT2D eigenvalue weighted by atomic mass is 16.5. The van der Waals surface area contributed by atoms with Gasteiger partial charge < -0.3 is 20.3 Å². The second-order valence-electron chi connectivity index (χ2n) is 24.6. The maximum absolute atomic E-state index is 12.4. The van der Waals surface area contributed by atoms with Crippen molar-refractivity contribution in [2.24, 2.45) is 0 Å². The summed E-state index contributed by atoms with van der Waals surface area (Å²) in [7, 11) is 0. The monoisotopic (exact) mass is 1100 g/mol. The fraction of sp³-hybridized carbons (Fsp3) is 0.917. The van der Waals surface area contributed by atoms with E-state index in [1.165, 1.54) is 327 Å². The predicted molar refractivity (Wildman–Crippen MR) is 343 cm³/mol. The maximum Gasteiger partial charge on any atom is 0.305 e. The van der Waals surface area contributed by atoms with Crippen LogP contribution in [-0.4, -0.2) is 47.4 Å². The first-order valence-electron chi connectivity index (χ1n) is 35.6. The molecule has 0 rings (SSSR count). The molecule has 0 bridgehead atoms. The maximum atomic E-state index is 12.4. The molecule has 0 aromatic heterocycles. The lowest BCUT2D eigenvalue weighted by molar-refractivity contribution is -0.143. The normalized spacial score (nSPS) is 12.6. The van der Waals surface area contributed by atoms with Crippen LogP contribution in [0, 0.1) is 0 Å². The molecule has 2 atom stereocenters. The molecule has 0 spiro atoms. The van der Waals surface area contributed by atoms with E-state index in [1.807, 2.05) is 6.08 Å². The zero-order valence-electron chi connectivity index (χ0n) is 52.9. The van der Waals surface area contributed by atoms with Gasteiger partial charge in [0, 0.05) is 12.8 Å². The Bertz CT molecular complexity index is 1220. The number of rotatable bonds is 67. The van der Waals surface area contributed by atoms with Gasteiger partial charge >= 0.3 is 5.97 Å². The zero-order valence-corrected chi connectivity index (χ0v) is 52.9. The number of allylic oxidation sites excluding steroid dienone is 3. The average molecular weight is 1100 g/mol. The Hall–Kier alpha value is -1.66. The molecule has 0 heterocycles. The molecule has 78 heavy (non-hydrogen) atoms. The van der Waals surface area contributed by atoms with Gasteiger partial charge in [0.1, 0.15) is 0 Å². The summed E-state index contributed by atoms with van der Waals surface area (Å²) in [5.74, 6) is -0.0444. The van der Waals surface area contributed by atoms with Crippen molar-refractivity contribution in [1.29, 1.82) is 0 Å². The van der Waals surface area contributed by atoms with Crippen molar-refractivity contribution in [3.63, 3.8) is 0 Å². The topological polar surface area (TPSA) is 95.9 Å². The Morgan fingerprint density at radius 3 is 0.910 bits per heavy atom. The number of carbonyl (C=O) groups excluding carboxylic acids is 2.